The normalized spacial score (nSPS) is 11.8. The standard InChI is InChI=1S/C23H18N4O3/c1-27-21-16(12-11-14-7-6-10-18(30-2)19(14)21)20(26-27)22(28)17(13-24)23(29)25-15-8-4-3-5-9-15/h3-12,28H,1-2H3,(H,25,29)/b22-17-. The van der Waals surface area contributed by atoms with Gasteiger partial charge in [-0.05, 0) is 29.7 Å². The fraction of sp³-hybridized carbons (Fsp3) is 0.0870. The van der Waals surface area contributed by atoms with Crippen molar-refractivity contribution in [1.29, 1.82) is 5.26 Å². The molecule has 0 spiro atoms. The van der Waals surface area contributed by atoms with Gasteiger partial charge in [0.2, 0.25) is 0 Å². The minimum atomic E-state index is -0.710. The maximum absolute atomic E-state index is 12.6. The van der Waals surface area contributed by atoms with Crippen molar-refractivity contribution < 1.29 is 14.6 Å². The van der Waals surface area contributed by atoms with Crippen LogP contribution in [0.2, 0.25) is 0 Å². The van der Waals surface area contributed by atoms with Gasteiger partial charge in [-0.25, -0.2) is 0 Å². The molecule has 1 heterocycles. The van der Waals surface area contributed by atoms with Gasteiger partial charge >= 0.3 is 0 Å². The Hall–Kier alpha value is -4.31. The molecule has 0 radical (unpaired) electrons. The third kappa shape index (κ3) is 3.10. The van der Waals surface area contributed by atoms with Crippen molar-refractivity contribution in [2.24, 2.45) is 7.05 Å². The summed E-state index contributed by atoms with van der Waals surface area (Å²) in [6, 6.07) is 19.9. The minimum absolute atomic E-state index is 0.153. The van der Waals surface area contributed by atoms with Crippen LogP contribution < -0.4 is 10.1 Å². The third-order valence-electron chi connectivity index (χ3n) is 4.86. The number of amides is 1. The number of anilines is 1. The van der Waals surface area contributed by atoms with Gasteiger partial charge in [0.1, 0.15) is 17.5 Å². The molecule has 0 bridgehead atoms. The zero-order valence-corrected chi connectivity index (χ0v) is 16.4. The second-order valence-electron chi connectivity index (χ2n) is 6.65. The van der Waals surface area contributed by atoms with E-state index in [0.717, 1.165) is 16.3 Å². The van der Waals surface area contributed by atoms with Crippen molar-refractivity contribution in [1.82, 2.24) is 9.78 Å². The van der Waals surface area contributed by atoms with E-state index >= 15 is 0 Å². The predicted molar refractivity (Wildman–Crippen MR) is 115 cm³/mol. The topological polar surface area (TPSA) is 100 Å². The molecule has 2 N–H and O–H groups in total. The number of carbonyl (C=O) groups is 1. The van der Waals surface area contributed by atoms with Gasteiger partial charge in [0.25, 0.3) is 5.91 Å². The number of para-hydroxylation sites is 1. The lowest BCUT2D eigenvalue weighted by molar-refractivity contribution is -0.112. The molecule has 7 heteroatoms. The monoisotopic (exact) mass is 398 g/mol. The number of carbonyl (C=O) groups excluding carboxylic acids is 1. The first-order valence-electron chi connectivity index (χ1n) is 9.17. The molecule has 1 aromatic heterocycles. The molecule has 0 aliphatic rings. The highest BCUT2D eigenvalue weighted by Crippen LogP contribution is 2.35. The Morgan fingerprint density at radius 2 is 1.90 bits per heavy atom. The lowest BCUT2D eigenvalue weighted by atomic mass is 10.0. The minimum Gasteiger partial charge on any atom is -0.504 e. The van der Waals surface area contributed by atoms with E-state index in [1.54, 1.807) is 55.2 Å². The predicted octanol–water partition coefficient (Wildman–Crippen LogP) is 4.17. The molecule has 0 fully saturated rings. The van der Waals surface area contributed by atoms with Gasteiger partial charge in [0, 0.05) is 23.5 Å². The first-order chi connectivity index (χ1) is 14.5. The van der Waals surface area contributed by atoms with Gasteiger partial charge in [-0.1, -0.05) is 36.4 Å². The second-order valence-corrected chi connectivity index (χ2v) is 6.65. The van der Waals surface area contributed by atoms with Gasteiger partial charge in [-0.15, -0.1) is 0 Å². The van der Waals surface area contributed by atoms with E-state index in [-0.39, 0.29) is 5.69 Å². The number of aliphatic hydroxyl groups is 1. The summed E-state index contributed by atoms with van der Waals surface area (Å²) in [5.41, 5.74) is 0.982. The summed E-state index contributed by atoms with van der Waals surface area (Å²) >= 11 is 0. The summed E-state index contributed by atoms with van der Waals surface area (Å²) < 4.78 is 7.11. The molecule has 0 aliphatic heterocycles. The molecule has 0 aliphatic carbocycles. The number of nitrogens with one attached hydrogen (secondary N) is 1. The molecule has 0 atom stereocenters. The number of rotatable bonds is 4. The molecule has 3 aromatic carbocycles. The van der Waals surface area contributed by atoms with Crippen molar-refractivity contribution in [2.45, 2.75) is 0 Å². The van der Waals surface area contributed by atoms with Crippen LogP contribution in [0.4, 0.5) is 5.69 Å². The lowest BCUT2D eigenvalue weighted by Crippen LogP contribution is -2.15. The largest absolute Gasteiger partial charge is 0.504 e. The number of benzene rings is 3. The van der Waals surface area contributed by atoms with E-state index in [1.807, 2.05) is 30.3 Å². The fourth-order valence-corrected chi connectivity index (χ4v) is 3.50. The number of ether oxygens (including phenoxy) is 1. The van der Waals surface area contributed by atoms with Crippen molar-refractivity contribution in [3.63, 3.8) is 0 Å². The van der Waals surface area contributed by atoms with Crippen LogP contribution in [-0.4, -0.2) is 27.9 Å². The second kappa shape index (κ2) is 7.60. The fourth-order valence-electron chi connectivity index (χ4n) is 3.50. The number of aromatic nitrogens is 2. The number of nitrogens with zero attached hydrogens (tertiary/aromatic N) is 3. The average Bonchev–Trinajstić information content (AvgIpc) is 3.11. The van der Waals surface area contributed by atoms with Crippen molar-refractivity contribution in [3.8, 4) is 11.8 Å². The summed E-state index contributed by atoms with van der Waals surface area (Å²) in [6.07, 6.45) is 0. The SMILES string of the molecule is COc1cccc2ccc3c(/C(O)=C(\C#N)C(=O)Nc4ccccc4)nn(C)c3c12. The van der Waals surface area contributed by atoms with Crippen LogP contribution >= 0.6 is 0 Å². The molecule has 1 amide bonds. The van der Waals surface area contributed by atoms with Crippen LogP contribution in [0.15, 0.2) is 66.2 Å². The maximum atomic E-state index is 12.6. The average molecular weight is 398 g/mol. The van der Waals surface area contributed by atoms with Crippen LogP contribution in [0.5, 0.6) is 5.75 Å². The van der Waals surface area contributed by atoms with Crippen molar-refractivity contribution in [3.05, 3.63) is 71.9 Å². The first-order valence-corrected chi connectivity index (χ1v) is 9.17. The molecular weight excluding hydrogens is 380 g/mol. The zero-order chi connectivity index (χ0) is 21.3. The Balaban J connectivity index is 1.88. The summed E-state index contributed by atoms with van der Waals surface area (Å²) in [7, 11) is 3.32. The van der Waals surface area contributed by atoms with Crippen LogP contribution in [-0.2, 0) is 11.8 Å². The molecule has 30 heavy (non-hydrogen) atoms. The van der Waals surface area contributed by atoms with E-state index in [0.29, 0.717) is 16.8 Å². The summed E-state index contributed by atoms with van der Waals surface area (Å²) in [5, 5.41) is 29.8. The molecule has 7 nitrogen and oxygen atoms in total. The smallest absolute Gasteiger partial charge is 0.270 e. The first kappa shape index (κ1) is 19.0. The van der Waals surface area contributed by atoms with E-state index in [2.05, 4.69) is 10.4 Å². The highest BCUT2D eigenvalue weighted by atomic mass is 16.5. The Bertz CT molecular complexity index is 1350. The van der Waals surface area contributed by atoms with E-state index in [4.69, 9.17) is 4.74 Å². The molecule has 0 saturated carbocycles. The Labute approximate surface area is 172 Å². The van der Waals surface area contributed by atoms with Gasteiger partial charge in [-0.3, -0.25) is 9.48 Å². The Morgan fingerprint density at radius 3 is 2.60 bits per heavy atom. The number of fused-ring (bicyclic) bond motifs is 3. The molecule has 148 valence electrons. The van der Waals surface area contributed by atoms with E-state index < -0.39 is 17.2 Å². The molecule has 4 aromatic rings. The highest BCUT2D eigenvalue weighted by Gasteiger charge is 2.23. The number of hydrogen-bond donors (Lipinski definition) is 2. The highest BCUT2D eigenvalue weighted by molar-refractivity contribution is 6.15. The van der Waals surface area contributed by atoms with Crippen LogP contribution in [0.1, 0.15) is 5.69 Å². The number of aliphatic hydroxyl groups excluding tert-OH is 1. The van der Waals surface area contributed by atoms with Crippen LogP contribution in [0, 0.1) is 11.3 Å². The number of hydrogen-bond acceptors (Lipinski definition) is 5. The van der Waals surface area contributed by atoms with Crippen LogP contribution in [0.25, 0.3) is 27.4 Å². The lowest BCUT2D eigenvalue weighted by Gasteiger charge is -2.08. The number of aryl methyl sites for hydroxylation is 1. The van der Waals surface area contributed by atoms with Gasteiger partial charge in [-0.2, -0.15) is 10.4 Å². The van der Waals surface area contributed by atoms with Crippen molar-refractivity contribution >= 4 is 39.0 Å². The summed E-state index contributed by atoms with van der Waals surface area (Å²) in [6.45, 7) is 0. The van der Waals surface area contributed by atoms with Gasteiger partial charge < -0.3 is 15.2 Å². The molecule has 4 rings (SSSR count). The quantitative estimate of drug-likeness (QED) is 0.305. The maximum Gasteiger partial charge on any atom is 0.270 e. The van der Waals surface area contributed by atoms with Gasteiger partial charge in [0.05, 0.1) is 12.6 Å². The van der Waals surface area contributed by atoms with Crippen molar-refractivity contribution in [2.75, 3.05) is 12.4 Å². The summed E-state index contributed by atoms with van der Waals surface area (Å²) in [4.78, 5) is 12.6. The zero-order valence-electron chi connectivity index (χ0n) is 16.4. The molecule has 0 unspecified atom stereocenters. The number of methoxy groups -OCH3 is 1. The van der Waals surface area contributed by atoms with Crippen LogP contribution in [0.3, 0.4) is 0 Å². The molecular formula is C23H18N4O3. The Kier molecular flexibility index (Phi) is 4.82. The van der Waals surface area contributed by atoms with Gasteiger partial charge in [0.15, 0.2) is 11.3 Å². The molecule has 0 saturated heterocycles. The summed E-state index contributed by atoms with van der Waals surface area (Å²) in [5.74, 6) is -0.525. The number of nitriles is 1. The van der Waals surface area contributed by atoms with E-state index in [9.17, 15) is 15.2 Å². The Morgan fingerprint density at radius 1 is 1.13 bits per heavy atom. The van der Waals surface area contributed by atoms with E-state index in [1.165, 1.54) is 0 Å². The third-order valence-corrected chi connectivity index (χ3v) is 4.86.